The van der Waals surface area contributed by atoms with E-state index >= 15 is 0 Å². The molecule has 1 aromatic heterocycles. The number of ketones is 1. The first-order chi connectivity index (χ1) is 15.8. The van der Waals surface area contributed by atoms with Gasteiger partial charge < -0.3 is 0 Å². The molecule has 0 spiro atoms. The number of amides is 1. The number of rotatable bonds is 6. The molecule has 2 N–H and O–H groups in total. The molecule has 1 amide bonds. The molecule has 1 aliphatic carbocycles. The molecule has 1 atom stereocenters. The first-order valence-electron chi connectivity index (χ1n) is 9.66. The summed E-state index contributed by atoms with van der Waals surface area (Å²) < 4.78 is 2.64. The molecule has 0 aliphatic heterocycles. The van der Waals surface area contributed by atoms with Gasteiger partial charge in [-0.2, -0.15) is 5.10 Å². The highest BCUT2D eigenvalue weighted by Crippen LogP contribution is 2.35. The molecular formula is C22H16Br3N5O2S. The van der Waals surface area contributed by atoms with E-state index in [-0.39, 0.29) is 17.4 Å². The van der Waals surface area contributed by atoms with Crippen molar-refractivity contribution < 1.29 is 9.59 Å². The van der Waals surface area contributed by atoms with Crippen molar-refractivity contribution >= 4 is 83.5 Å². The van der Waals surface area contributed by atoms with E-state index in [0.29, 0.717) is 16.5 Å². The highest BCUT2D eigenvalue weighted by molar-refractivity contribution is 9.11. The van der Waals surface area contributed by atoms with E-state index in [0.717, 1.165) is 41.9 Å². The zero-order valence-corrected chi connectivity index (χ0v) is 22.7. The van der Waals surface area contributed by atoms with Crippen LogP contribution in [0.4, 0.5) is 0 Å². The fourth-order valence-corrected chi connectivity index (χ4v) is 5.40. The summed E-state index contributed by atoms with van der Waals surface area (Å²) in [6.45, 7) is 1.90. The van der Waals surface area contributed by atoms with E-state index < -0.39 is 5.92 Å². The molecule has 0 bridgehead atoms. The Morgan fingerprint density at radius 3 is 2.76 bits per heavy atom. The summed E-state index contributed by atoms with van der Waals surface area (Å²) in [5, 5.41) is 11.4. The van der Waals surface area contributed by atoms with E-state index in [2.05, 4.69) is 73.5 Å². The van der Waals surface area contributed by atoms with E-state index in [1.54, 1.807) is 6.21 Å². The Balaban J connectivity index is 1.37. The van der Waals surface area contributed by atoms with Gasteiger partial charge in [-0.3, -0.25) is 14.7 Å². The predicted molar refractivity (Wildman–Crippen MR) is 140 cm³/mol. The predicted octanol–water partition coefficient (Wildman–Crippen LogP) is 5.72. The van der Waals surface area contributed by atoms with Crippen molar-refractivity contribution in [2.75, 3.05) is 5.75 Å². The number of Topliss-reactive ketones (excluding diaryl/α,β-unsaturated/α-hetero) is 1. The average molecular weight is 654 g/mol. The van der Waals surface area contributed by atoms with Crippen LogP contribution in [0.25, 0.3) is 6.08 Å². The van der Waals surface area contributed by atoms with Crippen LogP contribution in [0, 0.1) is 0 Å². The number of nitrogens with one attached hydrogen (secondary N) is 2. The maximum absolute atomic E-state index is 13.1. The van der Waals surface area contributed by atoms with Crippen molar-refractivity contribution in [1.82, 2.24) is 20.6 Å². The van der Waals surface area contributed by atoms with E-state index in [9.17, 15) is 9.59 Å². The largest absolute Gasteiger partial charge is 0.293 e. The molecule has 3 aromatic rings. The minimum atomic E-state index is -0.531. The minimum absolute atomic E-state index is 0.0369. The summed E-state index contributed by atoms with van der Waals surface area (Å²) in [7, 11) is 0. The van der Waals surface area contributed by atoms with Crippen LogP contribution in [0.2, 0.25) is 0 Å². The summed E-state index contributed by atoms with van der Waals surface area (Å²) in [6, 6.07) is 11.3. The summed E-state index contributed by atoms with van der Waals surface area (Å²) in [5.41, 5.74) is 5.73. The second kappa shape index (κ2) is 10.5. The van der Waals surface area contributed by atoms with E-state index in [1.165, 1.54) is 0 Å². The first kappa shape index (κ1) is 24.1. The molecule has 7 nitrogen and oxygen atoms in total. The van der Waals surface area contributed by atoms with Crippen LogP contribution >= 0.6 is 59.6 Å². The third-order valence-corrected chi connectivity index (χ3v) is 7.35. The number of benzene rings is 2. The average Bonchev–Trinajstić information content (AvgIpc) is 3.23. The number of carbonyl (C=O) groups excluding carboxylic acids is 2. The lowest BCUT2D eigenvalue weighted by molar-refractivity contribution is -0.118. The molecule has 2 aromatic carbocycles. The smallest absolute Gasteiger partial charge is 0.250 e. The van der Waals surface area contributed by atoms with Gasteiger partial charge in [-0.25, -0.2) is 10.4 Å². The molecule has 1 aliphatic rings. The van der Waals surface area contributed by atoms with Gasteiger partial charge in [0.15, 0.2) is 5.78 Å². The number of halogens is 3. The van der Waals surface area contributed by atoms with Crippen molar-refractivity contribution in [3.63, 3.8) is 0 Å². The zero-order chi connectivity index (χ0) is 23.5. The molecule has 1 unspecified atom stereocenters. The van der Waals surface area contributed by atoms with Crippen LogP contribution < -0.4 is 5.43 Å². The van der Waals surface area contributed by atoms with Crippen molar-refractivity contribution in [3.8, 4) is 0 Å². The lowest BCUT2D eigenvalue weighted by Crippen LogP contribution is -2.20. The van der Waals surface area contributed by atoms with Crippen molar-refractivity contribution in [3.05, 3.63) is 77.9 Å². The van der Waals surface area contributed by atoms with E-state index in [4.69, 9.17) is 0 Å². The Morgan fingerprint density at radius 2 is 1.97 bits per heavy atom. The van der Waals surface area contributed by atoms with Gasteiger partial charge >= 0.3 is 0 Å². The van der Waals surface area contributed by atoms with E-state index in [1.807, 2.05) is 49.4 Å². The van der Waals surface area contributed by atoms with Gasteiger partial charge in [-0.1, -0.05) is 83.3 Å². The number of thioether (sulfide) groups is 1. The monoisotopic (exact) mass is 651 g/mol. The van der Waals surface area contributed by atoms with Crippen molar-refractivity contribution in [1.29, 1.82) is 0 Å². The zero-order valence-electron chi connectivity index (χ0n) is 17.1. The molecule has 11 heteroatoms. The molecular weight excluding hydrogens is 638 g/mol. The summed E-state index contributed by atoms with van der Waals surface area (Å²) in [6.07, 6.45) is 3.54. The second-order valence-corrected chi connectivity index (χ2v) is 10.8. The third kappa shape index (κ3) is 5.71. The van der Waals surface area contributed by atoms with Crippen LogP contribution in [0.5, 0.6) is 0 Å². The number of allylic oxidation sites excluding steroid dienone is 1. The number of aromatic nitrogens is 3. The van der Waals surface area contributed by atoms with Gasteiger partial charge in [0.2, 0.25) is 5.16 Å². The van der Waals surface area contributed by atoms with Gasteiger partial charge in [-0.15, -0.1) is 5.10 Å². The number of H-pyrrole nitrogens is 1. The Bertz CT molecular complexity index is 1300. The summed E-state index contributed by atoms with van der Waals surface area (Å²) >= 11 is 11.4. The first-order valence-corrected chi connectivity index (χ1v) is 13.0. The van der Waals surface area contributed by atoms with Crippen LogP contribution in [0.1, 0.15) is 40.2 Å². The maximum Gasteiger partial charge on any atom is 0.250 e. The molecule has 4 rings (SSSR count). The number of aromatic amines is 1. The third-order valence-electron chi connectivity index (χ3n) is 4.82. The standard InChI is InChI=1S/C22H16Br3N5O2S/c1-11-6-12-2-4-14(23)7-16(12)20(32)19(11)21-27-22(30-29-21)33-10-18(31)28-26-9-13-3-5-15(24)8-17(13)25/h2-9,19H,10H2,1H3,(H,28,31)(H,27,29,30)/b26-9+. The van der Waals surface area contributed by atoms with Gasteiger partial charge in [0.1, 0.15) is 11.7 Å². The number of hydrogen-bond donors (Lipinski definition) is 2. The lowest BCUT2D eigenvalue weighted by atomic mass is 9.82. The van der Waals surface area contributed by atoms with Gasteiger partial charge in [0, 0.05) is 24.5 Å². The molecule has 1 heterocycles. The Hall–Kier alpha value is -2.08. The van der Waals surface area contributed by atoms with Gasteiger partial charge in [0.25, 0.3) is 5.91 Å². The normalized spacial score (nSPS) is 15.5. The molecule has 0 saturated heterocycles. The maximum atomic E-state index is 13.1. The highest BCUT2D eigenvalue weighted by atomic mass is 79.9. The molecule has 0 saturated carbocycles. The molecule has 0 fully saturated rings. The number of nitrogens with zero attached hydrogens (tertiary/aromatic N) is 3. The Kier molecular flexibility index (Phi) is 7.62. The van der Waals surface area contributed by atoms with Crippen LogP contribution in [0.3, 0.4) is 0 Å². The minimum Gasteiger partial charge on any atom is -0.293 e. The van der Waals surface area contributed by atoms with Crippen LogP contribution in [-0.2, 0) is 4.79 Å². The Morgan fingerprint density at radius 1 is 1.21 bits per heavy atom. The molecule has 168 valence electrons. The number of fused-ring (bicyclic) bond motifs is 1. The SMILES string of the molecule is CC1=Cc2ccc(Br)cc2C(=O)C1c1nc(SCC(=O)N/N=C/c2ccc(Br)cc2Br)n[nH]1. The fraction of sp³-hybridized carbons (Fsp3) is 0.136. The second-order valence-electron chi connectivity index (χ2n) is 7.17. The number of hydrogen-bond acceptors (Lipinski definition) is 6. The summed E-state index contributed by atoms with van der Waals surface area (Å²) in [5.74, 6) is -0.319. The quantitative estimate of drug-likeness (QED) is 0.202. The fourth-order valence-electron chi connectivity index (χ4n) is 3.29. The number of hydrazone groups is 1. The molecule has 33 heavy (non-hydrogen) atoms. The summed E-state index contributed by atoms with van der Waals surface area (Å²) in [4.78, 5) is 29.7. The highest BCUT2D eigenvalue weighted by Gasteiger charge is 2.32. The topological polar surface area (TPSA) is 100 Å². The Labute approximate surface area is 219 Å². The lowest BCUT2D eigenvalue weighted by Gasteiger charge is -2.21. The van der Waals surface area contributed by atoms with Crippen molar-refractivity contribution in [2.45, 2.75) is 18.0 Å². The van der Waals surface area contributed by atoms with Crippen LogP contribution in [0.15, 0.2) is 65.6 Å². The molecule has 0 radical (unpaired) electrons. The van der Waals surface area contributed by atoms with Crippen molar-refractivity contribution in [2.24, 2.45) is 5.10 Å². The van der Waals surface area contributed by atoms with Gasteiger partial charge in [0.05, 0.1) is 12.0 Å². The van der Waals surface area contributed by atoms with Gasteiger partial charge in [-0.05, 0) is 36.8 Å². The van der Waals surface area contributed by atoms with Crippen LogP contribution in [-0.4, -0.2) is 38.8 Å². The number of carbonyl (C=O) groups is 2.